The lowest BCUT2D eigenvalue weighted by Crippen LogP contribution is -2.50. The third-order valence-electron chi connectivity index (χ3n) is 6.79. The maximum Gasteiger partial charge on any atom is 0.266 e. The van der Waals surface area contributed by atoms with Gasteiger partial charge in [0.1, 0.15) is 0 Å². The average Bonchev–Trinajstić information content (AvgIpc) is 3.46. The predicted molar refractivity (Wildman–Crippen MR) is 155 cm³/mol. The Hall–Kier alpha value is -2.95. The summed E-state index contributed by atoms with van der Waals surface area (Å²) >= 11 is 7.48. The molecule has 1 aliphatic heterocycles. The topological polar surface area (TPSA) is 82.8 Å². The second-order valence-corrected chi connectivity index (χ2v) is 12.4. The van der Waals surface area contributed by atoms with E-state index in [1.165, 1.54) is 26.8 Å². The number of benzene rings is 3. The number of piperazine rings is 1. The lowest BCUT2D eigenvalue weighted by atomic mass is 9.96. The van der Waals surface area contributed by atoms with E-state index in [2.05, 4.69) is 51.2 Å². The molecule has 38 heavy (non-hydrogen) atoms. The minimum Gasteiger partial charge on any atom is -0.399 e. The fourth-order valence-electron chi connectivity index (χ4n) is 4.80. The molecule has 3 aromatic carbocycles. The quantitative estimate of drug-likeness (QED) is 0.287. The number of halogens is 1. The van der Waals surface area contributed by atoms with Crippen molar-refractivity contribution in [2.24, 2.45) is 0 Å². The van der Waals surface area contributed by atoms with E-state index in [0.29, 0.717) is 23.9 Å². The van der Waals surface area contributed by atoms with Crippen LogP contribution in [0.1, 0.15) is 17.2 Å². The summed E-state index contributed by atoms with van der Waals surface area (Å²) in [5.74, 6) is 0. The van der Waals surface area contributed by atoms with E-state index in [-0.39, 0.29) is 10.9 Å². The standard InChI is InChI=1S/C28H30ClN5O2S2/c29-24-8-6-23(7-9-24)27(22-4-2-1-3-5-22)33-18-15-32(16-19-33)17-20-34(28-31-14-21-37-28)38(35,36)26-12-10-25(30)11-13-26/h1-14,21,27H,15-20,30H2/t27-/m1/s1. The number of nitrogens with zero attached hydrogens (tertiary/aromatic N) is 4. The van der Waals surface area contributed by atoms with Crippen LogP contribution in [-0.2, 0) is 10.0 Å². The Morgan fingerprint density at radius 3 is 2.21 bits per heavy atom. The number of nitrogen functional groups attached to an aromatic ring is 1. The third kappa shape index (κ3) is 6.03. The monoisotopic (exact) mass is 567 g/mol. The summed E-state index contributed by atoms with van der Waals surface area (Å²) in [7, 11) is -3.76. The first-order valence-corrected chi connectivity index (χ1v) is 15.2. The van der Waals surface area contributed by atoms with Crippen molar-refractivity contribution in [2.45, 2.75) is 10.9 Å². The van der Waals surface area contributed by atoms with Crippen molar-refractivity contribution in [1.82, 2.24) is 14.8 Å². The molecule has 0 bridgehead atoms. The Labute approximate surface area is 233 Å². The minimum absolute atomic E-state index is 0.133. The number of thiazole rings is 1. The fourth-order valence-corrected chi connectivity index (χ4v) is 7.23. The van der Waals surface area contributed by atoms with Crippen molar-refractivity contribution in [2.75, 3.05) is 49.3 Å². The molecule has 1 aromatic heterocycles. The SMILES string of the molecule is Nc1ccc(S(=O)(=O)N(CCN2CCN([C@H](c3ccccc3)c3ccc(Cl)cc3)CC2)c2nccs2)cc1. The zero-order chi connectivity index (χ0) is 26.5. The molecule has 0 radical (unpaired) electrons. The maximum atomic E-state index is 13.5. The minimum atomic E-state index is -3.76. The van der Waals surface area contributed by atoms with Crippen molar-refractivity contribution < 1.29 is 8.42 Å². The zero-order valence-corrected chi connectivity index (χ0v) is 23.2. The van der Waals surface area contributed by atoms with Gasteiger partial charge in [-0.25, -0.2) is 17.7 Å². The first-order chi connectivity index (χ1) is 18.4. The van der Waals surface area contributed by atoms with Crippen LogP contribution in [0.2, 0.25) is 5.02 Å². The lowest BCUT2D eigenvalue weighted by molar-refractivity contribution is 0.112. The van der Waals surface area contributed by atoms with Crippen molar-refractivity contribution in [3.05, 3.63) is 107 Å². The number of nitrogens with two attached hydrogens (primary N) is 1. The molecule has 1 atom stereocenters. The molecule has 0 saturated carbocycles. The Morgan fingerprint density at radius 2 is 1.58 bits per heavy atom. The lowest BCUT2D eigenvalue weighted by Gasteiger charge is -2.40. The number of sulfonamides is 1. The molecule has 1 saturated heterocycles. The summed E-state index contributed by atoms with van der Waals surface area (Å²) < 4.78 is 28.4. The van der Waals surface area contributed by atoms with Crippen LogP contribution in [0, 0.1) is 0 Å². The normalized spacial score (nSPS) is 15.8. The van der Waals surface area contributed by atoms with Gasteiger partial charge in [0.2, 0.25) is 0 Å². The largest absolute Gasteiger partial charge is 0.399 e. The summed E-state index contributed by atoms with van der Waals surface area (Å²) in [6, 6.07) is 25.0. The summed E-state index contributed by atoms with van der Waals surface area (Å²) in [4.78, 5) is 9.32. The second kappa shape index (κ2) is 11.8. The van der Waals surface area contributed by atoms with Crippen LogP contribution in [0.5, 0.6) is 0 Å². The molecule has 0 spiro atoms. The number of anilines is 2. The first-order valence-electron chi connectivity index (χ1n) is 12.5. The van der Waals surface area contributed by atoms with Crippen LogP contribution >= 0.6 is 22.9 Å². The smallest absolute Gasteiger partial charge is 0.266 e. The van der Waals surface area contributed by atoms with Gasteiger partial charge in [-0.15, -0.1) is 11.3 Å². The van der Waals surface area contributed by atoms with Crippen molar-refractivity contribution in [1.29, 1.82) is 0 Å². The highest BCUT2D eigenvalue weighted by Crippen LogP contribution is 2.31. The van der Waals surface area contributed by atoms with Crippen LogP contribution in [-0.4, -0.2) is 62.5 Å². The van der Waals surface area contributed by atoms with Crippen molar-refractivity contribution in [3.63, 3.8) is 0 Å². The van der Waals surface area contributed by atoms with Crippen molar-refractivity contribution in [3.8, 4) is 0 Å². The number of hydrogen-bond donors (Lipinski definition) is 1. The molecule has 0 amide bonds. The molecular weight excluding hydrogens is 538 g/mol. The zero-order valence-electron chi connectivity index (χ0n) is 20.9. The molecule has 2 N–H and O–H groups in total. The molecule has 198 valence electrons. The molecule has 10 heteroatoms. The van der Waals surface area contributed by atoms with Crippen LogP contribution in [0.25, 0.3) is 0 Å². The van der Waals surface area contributed by atoms with Gasteiger partial charge in [0.25, 0.3) is 10.0 Å². The van der Waals surface area contributed by atoms with Gasteiger partial charge in [-0.05, 0) is 47.5 Å². The van der Waals surface area contributed by atoms with Gasteiger partial charge >= 0.3 is 0 Å². The molecule has 7 nitrogen and oxygen atoms in total. The van der Waals surface area contributed by atoms with Gasteiger partial charge < -0.3 is 5.73 Å². The van der Waals surface area contributed by atoms with Crippen molar-refractivity contribution >= 4 is 43.8 Å². The Morgan fingerprint density at radius 1 is 0.921 bits per heavy atom. The Balaban J connectivity index is 1.28. The van der Waals surface area contributed by atoms with Gasteiger partial charge in [0.15, 0.2) is 5.13 Å². The maximum absolute atomic E-state index is 13.5. The van der Waals surface area contributed by atoms with E-state index < -0.39 is 10.0 Å². The van der Waals surface area contributed by atoms with Crippen LogP contribution in [0.15, 0.2) is 95.3 Å². The molecular formula is C28H30ClN5O2S2. The molecule has 4 aromatic rings. The van der Waals surface area contributed by atoms with E-state index in [1.807, 2.05) is 18.2 Å². The van der Waals surface area contributed by atoms with E-state index in [0.717, 1.165) is 31.2 Å². The van der Waals surface area contributed by atoms with Gasteiger partial charge in [-0.3, -0.25) is 9.80 Å². The molecule has 0 aliphatic carbocycles. The van der Waals surface area contributed by atoms with Gasteiger partial charge in [0.05, 0.1) is 10.9 Å². The first kappa shape index (κ1) is 26.6. The van der Waals surface area contributed by atoms with Crippen LogP contribution < -0.4 is 10.0 Å². The van der Waals surface area contributed by atoms with Crippen LogP contribution in [0.3, 0.4) is 0 Å². The highest BCUT2D eigenvalue weighted by molar-refractivity contribution is 7.93. The average molecular weight is 568 g/mol. The van der Waals surface area contributed by atoms with Gasteiger partial charge in [0, 0.05) is 61.6 Å². The number of rotatable bonds is 9. The molecule has 1 fully saturated rings. The summed E-state index contributed by atoms with van der Waals surface area (Å²) in [5.41, 5.74) is 8.75. The molecule has 0 unspecified atom stereocenters. The molecule has 1 aliphatic rings. The Bertz CT molecular complexity index is 1410. The van der Waals surface area contributed by atoms with E-state index in [4.69, 9.17) is 17.3 Å². The Kier molecular flexibility index (Phi) is 8.30. The fraction of sp³-hybridized carbons (Fsp3) is 0.250. The summed E-state index contributed by atoms with van der Waals surface area (Å²) in [6.45, 7) is 4.33. The molecule has 5 rings (SSSR count). The van der Waals surface area contributed by atoms with E-state index in [9.17, 15) is 8.42 Å². The van der Waals surface area contributed by atoms with E-state index in [1.54, 1.807) is 35.8 Å². The van der Waals surface area contributed by atoms with Gasteiger partial charge in [-0.2, -0.15) is 0 Å². The van der Waals surface area contributed by atoms with E-state index >= 15 is 0 Å². The summed E-state index contributed by atoms with van der Waals surface area (Å²) in [5, 5.41) is 2.98. The highest BCUT2D eigenvalue weighted by atomic mass is 35.5. The second-order valence-electron chi connectivity index (χ2n) is 9.20. The predicted octanol–water partition coefficient (Wildman–Crippen LogP) is 4.98. The highest BCUT2D eigenvalue weighted by Gasteiger charge is 2.30. The molecule has 2 heterocycles. The van der Waals surface area contributed by atoms with Crippen LogP contribution in [0.4, 0.5) is 10.8 Å². The number of aromatic nitrogens is 1. The summed E-state index contributed by atoms with van der Waals surface area (Å²) in [6.07, 6.45) is 1.63. The van der Waals surface area contributed by atoms with Gasteiger partial charge in [-0.1, -0.05) is 54.1 Å². The number of hydrogen-bond acceptors (Lipinski definition) is 7. The third-order valence-corrected chi connectivity index (χ3v) is 9.76.